The number of hydrogen-bond donors (Lipinski definition) is 0. The van der Waals surface area contributed by atoms with Gasteiger partial charge < -0.3 is 0 Å². The molecule has 1 atom stereocenters. The van der Waals surface area contributed by atoms with E-state index in [1.807, 2.05) is 0 Å². The molecule has 0 spiro atoms. The summed E-state index contributed by atoms with van der Waals surface area (Å²) in [5.41, 5.74) is 0.364. The average Bonchev–Trinajstić information content (AvgIpc) is 2.27. The van der Waals surface area contributed by atoms with E-state index in [9.17, 15) is 0 Å². The molecule has 1 heterocycles. The van der Waals surface area contributed by atoms with Crippen molar-refractivity contribution in [3.63, 3.8) is 0 Å². The summed E-state index contributed by atoms with van der Waals surface area (Å²) in [6.07, 6.45) is 8.54. The Morgan fingerprint density at radius 2 is 1.73 bits per heavy atom. The molecule has 0 saturated carbocycles. The Balaban J connectivity index is 2.51. The van der Waals surface area contributed by atoms with E-state index < -0.39 is 0 Å². The highest BCUT2D eigenvalue weighted by atomic mass is 15.2. The highest BCUT2D eigenvalue weighted by Crippen LogP contribution is 2.23. The molecule has 1 aliphatic heterocycles. The Morgan fingerprint density at radius 3 is 2.33 bits per heavy atom. The first-order valence-corrected chi connectivity index (χ1v) is 6.79. The van der Waals surface area contributed by atoms with Crippen molar-refractivity contribution < 1.29 is 0 Å². The number of hydrogen-bond acceptors (Lipinski definition) is 1. The van der Waals surface area contributed by atoms with Crippen LogP contribution in [0.1, 0.15) is 66.2 Å². The molecule has 0 N–H and O–H groups in total. The minimum atomic E-state index is 0.364. The quantitative estimate of drug-likeness (QED) is 0.632. The zero-order valence-corrected chi connectivity index (χ0v) is 11.2. The minimum absolute atomic E-state index is 0.364. The first-order valence-electron chi connectivity index (χ1n) is 6.79. The van der Waals surface area contributed by atoms with Crippen LogP contribution in [0.15, 0.2) is 0 Å². The maximum atomic E-state index is 2.68. The second-order valence-electron chi connectivity index (χ2n) is 6.07. The molecule has 0 aromatic rings. The minimum Gasteiger partial charge on any atom is -0.298 e. The van der Waals surface area contributed by atoms with E-state index in [1.165, 1.54) is 51.6 Å². The highest BCUT2D eigenvalue weighted by molar-refractivity contribution is 4.78. The van der Waals surface area contributed by atoms with E-state index in [4.69, 9.17) is 0 Å². The predicted octanol–water partition coefficient (Wildman–Crippen LogP) is 4.08. The lowest BCUT2D eigenvalue weighted by Crippen LogP contribution is -2.42. The molecule has 15 heavy (non-hydrogen) atoms. The van der Waals surface area contributed by atoms with E-state index in [0.717, 1.165) is 5.92 Å². The molecular weight excluding hydrogens is 182 g/mol. The Morgan fingerprint density at radius 1 is 1.00 bits per heavy atom. The number of rotatable bonds is 1. The van der Waals surface area contributed by atoms with Crippen molar-refractivity contribution in [2.24, 2.45) is 5.92 Å². The molecule has 0 radical (unpaired) electrons. The molecule has 1 saturated heterocycles. The van der Waals surface area contributed by atoms with Crippen molar-refractivity contribution >= 4 is 0 Å². The Hall–Kier alpha value is -0.0400. The first-order chi connectivity index (χ1) is 7.04. The molecule has 1 unspecified atom stereocenters. The number of nitrogens with zero attached hydrogens (tertiary/aromatic N) is 1. The Kier molecular flexibility index (Phi) is 5.11. The van der Waals surface area contributed by atoms with Crippen LogP contribution in [0.3, 0.4) is 0 Å². The van der Waals surface area contributed by atoms with Gasteiger partial charge in [0.05, 0.1) is 0 Å². The maximum absolute atomic E-state index is 2.68. The summed E-state index contributed by atoms with van der Waals surface area (Å²) in [5.74, 6) is 0.980. The largest absolute Gasteiger partial charge is 0.298 e. The lowest BCUT2D eigenvalue weighted by atomic mass is 9.95. The van der Waals surface area contributed by atoms with Gasteiger partial charge in [-0.25, -0.2) is 0 Å². The third-order valence-electron chi connectivity index (χ3n) is 3.87. The molecule has 1 nitrogen and oxygen atoms in total. The van der Waals surface area contributed by atoms with Gasteiger partial charge in [0.15, 0.2) is 0 Å². The second-order valence-corrected chi connectivity index (χ2v) is 6.07. The predicted molar refractivity (Wildman–Crippen MR) is 68.2 cm³/mol. The Labute approximate surface area is 96.2 Å². The summed E-state index contributed by atoms with van der Waals surface area (Å²) in [6.45, 7) is 12.0. The van der Waals surface area contributed by atoms with E-state index in [-0.39, 0.29) is 0 Å². The van der Waals surface area contributed by atoms with Gasteiger partial charge in [-0.1, -0.05) is 32.6 Å². The van der Waals surface area contributed by atoms with Crippen molar-refractivity contribution in [2.45, 2.75) is 71.8 Å². The normalized spacial score (nSPS) is 26.8. The van der Waals surface area contributed by atoms with Crippen molar-refractivity contribution in [1.29, 1.82) is 0 Å². The topological polar surface area (TPSA) is 3.24 Å². The van der Waals surface area contributed by atoms with Gasteiger partial charge in [-0.15, -0.1) is 0 Å². The molecule has 1 heteroatoms. The maximum Gasteiger partial charge on any atom is 0.0125 e. The van der Waals surface area contributed by atoms with Crippen LogP contribution in [-0.4, -0.2) is 23.5 Å². The summed E-state index contributed by atoms with van der Waals surface area (Å²) in [6, 6.07) is 0. The third kappa shape index (κ3) is 4.55. The van der Waals surface area contributed by atoms with Crippen molar-refractivity contribution in [1.82, 2.24) is 4.90 Å². The zero-order valence-electron chi connectivity index (χ0n) is 11.2. The van der Waals surface area contributed by atoms with Crippen LogP contribution in [0.5, 0.6) is 0 Å². The van der Waals surface area contributed by atoms with Gasteiger partial charge >= 0.3 is 0 Å². The van der Waals surface area contributed by atoms with Crippen LogP contribution < -0.4 is 0 Å². The fourth-order valence-electron chi connectivity index (χ4n) is 2.59. The molecular formula is C14H29N. The molecule has 1 aliphatic rings. The molecule has 90 valence electrons. The zero-order chi connectivity index (χ0) is 11.3. The van der Waals surface area contributed by atoms with Gasteiger partial charge in [0, 0.05) is 5.54 Å². The average molecular weight is 211 g/mol. The van der Waals surface area contributed by atoms with Crippen LogP contribution >= 0.6 is 0 Å². The van der Waals surface area contributed by atoms with Crippen LogP contribution in [0.4, 0.5) is 0 Å². The van der Waals surface area contributed by atoms with Gasteiger partial charge in [-0.2, -0.15) is 0 Å². The molecule has 0 bridgehead atoms. The van der Waals surface area contributed by atoms with Gasteiger partial charge in [0.25, 0.3) is 0 Å². The summed E-state index contributed by atoms with van der Waals surface area (Å²) >= 11 is 0. The summed E-state index contributed by atoms with van der Waals surface area (Å²) in [5, 5.41) is 0. The second kappa shape index (κ2) is 5.89. The smallest absolute Gasteiger partial charge is 0.0125 e. The van der Waals surface area contributed by atoms with Crippen LogP contribution in [0.2, 0.25) is 0 Å². The summed E-state index contributed by atoms with van der Waals surface area (Å²) in [7, 11) is 0. The third-order valence-corrected chi connectivity index (χ3v) is 3.87. The first kappa shape index (κ1) is 13.0. The van der Waals surface area contributed by atoms with E-state index in [0.29, 0.717) is 5.54 Å². The van der Waals surface area contributed by atoms with Gasteiger partial charge in [-0.05, 0) is 52.6 Å². The van der Waals surface area contributed by atoms with Crippen LogP contribution in [0.25, 0.3) is 0 Å². The lowest BCUT2D eigenvalue weighted by molar-refractivity contribution is 0.128. The SMILES string of the molecule is CCC1CCCCCN(C(C)(C)C)CC1. The fourth-order valence-corrected chi connectivity index (χ4v) is 2.59. The highest BCUT2D eigenvalue weighted by Gasteiger charge is 2.22. The van der Waals surface area contributed by atoms with E-state index in [2.05, 4.69) is 32.6 Å². The molecule has 0 aromatic carbocycles. The monoisotopic (exact) mass is 211 g/mol. The standard InChI is InChI=1S/C14H29N/c1-5-13-9-7-6-8-11-15(12-10-13)14(2,3)4/h13H,5-12H2,1-4H3. The van der Waals surface area contributed by atoms with Gasteiger partial charge in [0.1, 0.15) is 0 Å². The lowest BCUT2D eigenvalue weighted by Gasteiger charge is -2.36. The van der Waals surface area contributed by atoms with Crippen molar-refractivity contribution in [2.75, 3.05) is 13.1 Å². The van der Waals surface area contributed by atoms with Crippen LogP contribution in [0, 0.1) is 5.92 Å². The molecule has 1 rings (SSSR count). The van der Waals surface area contributed by atoms with Crippen molar-refractivity contribution in [3.8, 4) is 0 Å². The van der Waals surface area contributed by atoms with Crippen LogP contribution in [-0.2, 0) is 0 Å². The fraction of sp³-hybridized carbons (Fsp3) is 1.00. The Bertz CT molecular complexity index is 169. The molecule has 0 aromatic heterocycles. The van der Waals surface area contributed by atoms with E-state index in [1.54, 1.807) is 0 Å². The molecule has 1 fully saturated rings. The van der Waals surface area contributed by atoms with Crippen molar-refractivity contribution in [3.05, 3.63) is 0 Å². The summed E-state index contributed by atoms with van der Waals surface area (Å²) < 4.78 is 0. The van der Waals surface area contributed by atoms with E-state index >= 15 is 0 Å². The van der Waals surface area contributed by atoms with Gasteiger partial charge in [-0.3, -0.25) is 4.90 Å². The van der Waals surface area contributed by atoms with Gasteiger partial charge in [0.2, 0.25) is 0 Å². The molecule has 0 amide bonds. The summed E-state index contributed by atoms with van der Waals surface area (Å²) in [4.78, 5) is 2.68. The molecule has 0 aliphatic carbocycles.